The lowest BCUT2D eigenvalue weighted by Crippen LogP contribution is -2.46. The lowest BCUT2D eigenvalue weighted by Gasteiger charge is -2.32. The first-order valence-electron chi connectivity index (χ1n) is 6.06. The molecule has 1 aromatic carbocycles. The first kappa shape index (κ1) is 12.7. The summed E-state index contributed by atoms with van der Waals surface area (Å²) in [6.45, 7) is 0.547. The van der Waals surface area contributed by atoms with Gasteiger partial charge in [0.1, 0.15) is 0 Å². The molecule has 98 valence electrons. The molecule has 0 aliphatic carbocycles. The van der Waals surface area contributed by atoms with Gasteiger partial charge in [0.2, 0.25) is 0 Å². The van der Waals surface area contributed by atoms with Crippen LogP contribution in [-0.2, 0) is 6.42 Å². The molecule has 0 saturated carbocycles. The van der Waals surface area contributed by atoms with Crippen LogP contribution in [0.3, 0.4) is 0 Å². The molecular formula is C14H13ClN2OS. The summed E-state index contributed by atoms with van der Waals surface area (Å²) in [5.74, 6) is -0.0282. The molecule has 1 aliphatic rings. The van der Waals surface area contributed by atoms with Crippen LogP contribution in [0.15, 0.2) is 36.4 Å². The highest BCUT2D eigenvalue weighted by Gasteiger charge is 2.27. The molecule has 2 aromatic rings. The second kappa shape index (κ2) is 4.96. The zero-order chi connectivity index (χ0) is 13.4. The molecule has 1 atom stereocenters. The molecule has 1 amide bonds. The van der Waals surface area contributed by atoms with Crippen LogP contribution in [0, 0.1) is 0 Å². The fraction of sp³-hybridized carbons (Fsp3) is 0.214. The van der Waals surface area contributed by atoms with Gasteiger partial charge in [-0.1, -0.05) is 29.8 Å². The lowest BCUT2D eigenvalue weighted by atomic mass is 9.98. The van der Waals surface area contributed by atoms with E-state index in [4.69, 9.17) is 17.3 Å². The van der Waals surface area contributed by atoms with Gasteiger partial charge in [0, 0.05) is 18.3 Å². The molecule has 0 saturated heterocycles. The van der Waals surface area contributed by atoms with E-state index in [0.29, 0.717) is 15.8 Å². The number of hydrogen-bond acceptors (Lipinski definition) is 3. The van der Waals surface area contributed by atoms with Crippen LogP contribution in [0.2, 0.25) is 4.34 Å². The average molecular weight is 293 g/mol. The maximum absolute atomic E-state index is 12.5. The van der Waals surface area contributed by atoms with Gasteiger partial charge < -0.3 is 10.6 Å². The first-order chi connectivity index (χ1) is 9.15. The molecular weight excluding hydrogens is 280 g/mol. The Balaban J connectivity index is 1.99. The number of halogens is 1. The highest BCUT2D eigenvalue weighted by molar-refractivity contribution is 7.18. The Labute approximate surface area is 120 Å². The van der Waals surface area contributed by atoms with E-state index in [1.807, 2.05) is 24.3 Å². The van der Waals surface area contributed by atoms with Crippen molar-refractivity contribution in [2.24, 2.45) is 5.73 Å². The number of nitrogens with two attached hydrogens (primary N) is 1. The van der Waals surface area contributed by atoms with Crippen molar-refractivity contribution in [2.75, 3.05) is 11.4 Å². The minimum atomic E-state index is -0.0282. The number of anilines is 1. The van der Waals surface area contributed by atoms with Crippen LogP contribution in [-0.4, -0.2) is 18.5 Å². The van der Waals surface area contributed by atoms with Gasteiger partial charge in [0.25, 0.3) is 5.91 Å². The Kier molecular flexibility index (Phi) is 3.31. The highest BCUT2D eigenvalue weighted by atomic mass is 35.5. The second-order valence-corrected chi connectivity index (χ2v) is 6.33. The Hall–Kier alpha value is -1.36. The number of carbonyl (C=O) groups is 1. The standard InChI is InChI=1S/C14H13ClN2OS/c15-13-6-5-12(19-13)14(18)17-8-10(16)7-9-3-1-2-4-11(9)17/h1-6,10H,7-8,16H2. The van der Waals surface area contributed by atoms with Crippen LogP contribution in [0.4, 0.5) is 5.69 Å². The van der Waals surface area contributed by atoms with E-state index in [1.54, 1.807) is 17.0 Å². The van der Waals surface area contributed by atoms with Crippen LogP contribution in [0.1, 0.15) is 15.2 Å². The van der Waals surface area contributed by atoms with Crippen molar-refractivity contribution in [1.82, 2.24) is 0 Å². The van der Waals surface area contributed by atoms with Crippen molar-refractivity contribution in [1.29, 1.82) is 0 Å². The van der Waals surface area contributed by atoms with E-state index in [0.717, 1.165) is 17.7 Å². The monoisotopic (exact) mass is 292 g/mol. The number of amides is 1. The predicted molar refractivity (Wildman–Crippen MR) is 79.1 cm³/mol. The Bertz CT molecular complexity index is 625. The fourth-order valence-electron chi connectivity index (χ4n) is 2.38. The third-order valence-corrected chi connectivity index (χ3v) is 4.43. The zero-order valence-electron chi connectivity index (χ0n) is 10.2. The normalized spacial score (nSPS) is 18.2. The summed E-state index contributed by atoms with van der Waals surface area (Å²) in [6.07, 6.45) is 0.811. The Morgan fingerprint density at radius 3 is 2.84 bits per heavy atom. The maximum Gasteiger partial charge on any atom is 0.268 e. The molecule has 1 unspecified atom stereocenters. The number of thiophene rings is 1. The highest BCUT2D eigenvalue weighted by Crippen LogP contribution is 2.30. The number of rotatable bonds is 1. The van der Waals surface area contributed by atoms with Gasteiger partial charge in [0.15, 0.2) is 0 Å². The quantitative estimate of drug-likeness (QED) is 0.878. The van der Waals surface area contributed by atoms with Gasteiger partial charge in [-0.15, -0.1) is 11.3 Å². The number of fused-ring (bicyclic) bond motifs is 1. The number of carbonyl (C=O) groups excluding carboxylic acids is 1. The van der Waals surface area contributed by atoms with Crippen molar-refractivity contribution < 1.29 is 4.79 Å². The van der Waals surface area contributed by atoms with Crippen molar-refractivity contribution in [3.05, 3.63) is 51.2 Å². The van der Waals surface area contributed by atoms with Crippen molar-refractivity contribution >= 4 is 34.5 Å². The second-order valence-electron chi connectivity index (χ2n) is 4.61. The summed E-state index contributed by atoms with van der Waals surface area (Å²) in [6, 6.07) is 11.4. The van der Waals surface area contributed by atoms with Crippen LogP contribution >= 0.6 is 22.9 Å². The van der Waals surface area contributed by atoms with Crippen LogP contribution in [0.5, 0.6) is 0 Å². The number of benzene rings is 1. The maximum atomic E-state index is 12.5. The average Bonchev–Trinajstić information content (AvgIpc) is 2.83. The molecule has 1 aromatic heterocycles. The molecule has 0 radical (unpaired) electrons. The largest absolute Gasteiger partial charge is 0.326 e. The minimum Gasteiger partial charge on any atom is -0.326 e. The van der Waals surface area contributed by atoms with Gasteiger partial charge in [-0.05, 0) is 30.2 Å². The topological polar surface area (TPSA) is 46.3 Å². The van der Waals surface area contributed by atoms with E-state index in [1.165, 1.54) is 11.3 Å². The summed E-state index contributed by atoms with van der Waals surface area (Å²) >= 11 is 7.19. The van der Waals surface area contributed by atoms with Crippen LogP contribution in [0.25, 0.3) is 0 Å². The SMILES string of the molecule is NC1Cc2ccccc2N(C(=O)c2ccc(Cl)s2)C1. The molecule has 3 rings (SSSR count). The third-order valence-electron chi connectivity index (χ3n) is 3.21. The summed E-state index contributed by atoms with van der Waals surface area (Å²) in [5, 5.41) is 0. The third kappa shape index (κ3) is 2.39. The van der Waals surface area contributed by atoms with Crippen LogP contribution < -0.4 is 10.6 Å². The van der Waals surface area contributed by atoms with Gasteiger partial charge in [0.05, 0.1) is 9.21 Å². The fourth-order valence-corrected chi connectivity index (χ4v) is 3.37. The van der Waals surface area contributed by atoms with Gasteiger partial charge in [-0.25, -0.2) is 0 Å². The van der Waals surface area contributed by atoms with Gasteiger partial charge in [-0.3, -0.25) is 4.79 Å². The van der Waals surface area contributed by atoms with E-state index < -0.39 is 0 Å². The van der Waals surface area contributed by atoms with E-state index >= 15 is 0 Å². The number of para-hydroxylation sites is 1. The molecule has 0 bridgehead atoms. The molecule has 0 spiro atoms. The van der Waals surface area contributed by atoms with Gasteiger partial charge >= 0.3 is 0 Å². The van der Waals surface area contributed by atoms with E-state index in [2.05, 4.69) is 0 Å². The molecule has 2 N–H and O–H groups in total. The molecule has 3 nitrogen and oxygen atoms in total. The number of hydrogen-bond donors (Lipinski definition) is 1. The molecule has 0 fully saturated rings. The smallest absolute Gasteiger partial charge is 0.268 e. The molecule has 2 heterocycles. The van der Waals surface area contributed by atoms with Crippen molar-refractivity contribution in [3.63, 3.8) is 0 Å². The predicted octanol–water partition coefficient (Wildman–Crippen LogP) is 2.93. The van der Waals surface area contributed by atoms with Crippen molar-refractivity contribution in [3.8, 4) is 0 Å². The first-order valence-corrected chi connectivity index (χ1v) is 7.25. The Morgan fingerprint density at radius 2 is 2.11 bits per heavy atom. The lowest BCUT2D eigenvalue weighted by molar-refractivity contribution is 0.0987. The van der Waals surface area contributed by atoms with E-state index in [9.17, 15) is 4.79 Å². The molecule has 5 heteroatoms. The van der Waals surface area contributed by atoms with E-state index in [-0.39, 0.29) is 11.9 Å². The van der Waals surface area contributed by atoms with Crippen molar-refractivity contribution in [2.45, 2.75) is 12.5 Å². The summed E-state index contributed by atoms with van der Waals surface area (Å²) < 4.78 is 0.623. The number of nitrogens with zero attached hydrogens (tertiary/aromatic N) is 1. The molecule has 19 heavy (non-hydrogen) atoms. The molecule has 1 aliphatic heterocycles. The van der Waals surface area contributed by atoms with Gasteiger partial charge in [-0.2, -0.15) is 0 Å². The summed E-state index contributed by atoms with van der Waals surface area (Å²) in [4.78, 5) is 14.9. The Morgan fingerprint density at radius 1 is 1.32 bits per heavy atom. The zero-order valence-corrected chi connectivity index (χ0v) is 11.7. The summed E-state index contributed by atoms with van der Waals surface area (Å²) in [5.41, 5.74) is 8.12. The minimum absolute atomic E-state index is 0.0192. The summed E-state index contributed by atoms with van der Waals surface area (Å²) in [7, 11) is 0.